The molecular formula is C29H27F3N2O5S. The lowest BCUT2D eigenvalue weighted by Gasteiger charge is -2.41. The summed E-state index contributed by atoms with van der Waals surface area (Å²) in [7, 11) is -3.75. The zero-order valence-corrected chi connectivity index (χ0v) is 22.5. The third-order valence-corrected chi connectivity index (χ3v) is 7.22. The molecule has 1 aliphatic heterocycles. The molecule has 0 radical (unpaired) electrons. The number of halogens is 3. The van der Waals surface area contributed by atoms with E-state index in [1.54, 1.807) is 31.2 Å². The average molecular weight is 573 g/mol. The molecule has 1 atom stereocenters. The molecule has 0 saturated carbocycles. The van der Waals surface area contributed by atoms with E-state index >= 15 is 0 Å². The van der Waals surface area contributed by atoms with Crippen molar-refractivity contribution in [3.8, 4) is 5.75 Å². The highest BCUT2D eigenvalue weighted by Crippen LogP contribution is 2.48. The summed E-state index contributed by atoms with van der Waals surface area (Å²) < 4.78 is 73.5. The van der Waals surface area contributed by atoms with Gasteiger partial charge in [-0.3, -0.25) is 9.59 Å². The van der Waals surface area contributed by atoms with Crippen molar-refractivity contribution in [1.82, 2.24) is 10.6 Å². The van der Waals surface area contributed by atoms with E-state index in [0.717, 1.165) is 17.4 Å². The summed E-state index contributed by atoms with van der Waals surface area (Å²) in [6, 6.07) is 21.0. The van der Waals surface area contributed by atoms with Crippen LogP contribution in [-0.2, 0) is 31.6 Å². The van der Waals surface area contributed by atoms with Gasteiger partial charge in [0, 0.05) is 12.7 Å². The molecule has 2 amide bonds. The smallest absolute Gasteiger partial charge is 0.416 e. The number of hydrogen-bond acceptors (Lipinski definition) is 5. The van der Waals surface area contributed by atoms with Crippen molar-refractivity contribution >= 4 is 27.2 Å². The van der Waals surface area contributed by atoms with E-state index in [0.29, 0.717) is 5.75 Å². The number of rotatable bonds is 8. The minimum absolute atomic E-state index is 0.0765. The van der Waals surface area contributed by atoms with Crippen LogP contribution in [-0.4, -0.2) is 38.4 Å². The van der Waals surface area contributed by atoms with E-state index in [4.69, 9.17) is 4.74 Å². The van der Waals surface area contributed by atoms with Gasteiger partial charge >= 0.3 is 6.18 Å². The molecule has 7 nitrogen and oxygen atoms in total. The number of amides is 2. The van der Waals surface area contributed by atoms with E-state index in [1.165, 1.54) is 24.3 Å². The fourth-order valence-electron chi connectivity index (χ4n) is 4.42. The summed E-state index contributed by atoms with van der Waals surface area (Å²) in [5.74, 6) is -2.81. The lowest BCUT2D eigenvalue weighted by atomic mass is 9.77. The van der Waals surface area contributed by atoms with E-state index < -0.39 is 51.2 Å². The molecule has 40 heavy (non-hydrogen) atoms. The highest BCUT2D eigenvalue weighted by Gasteiger charge is 2.59. The molecule has 3 aromatic rings. The Morgan fingerprint density at radius 1 is 1.00 bits per heavy atom. The second kappa shape index (κ2) is 11.2. The van der Waals surface area contributed by atoms with Gasteiger partial charge in [0.05, 0.1) is 0 Å². The van der Waals surface area contributed by atoms with Crippen LogP contribution in [0.1, 0.15) is 28.7 Å². The van der Waals surface area contributed by atoms with Gasteiger partial charge in [0.25, 0.3) is 5.91 Å². The Kier molecular flexibility index (Phi) is 8.06. The van der Waals surface area contributed by atoms with Crippen molar-refractivity contribution in [2.75, 3.05) is 12.0 Å². The molecule has 11 heteroatoms. The van der Waals surface area contributed by atoms with E-state index in [9.17, 15) is 31.2 Å². The summed E-state index contributed by atoms with van der Waals surface area (Å²) >= 11 is 0. The maximum Gasteiger partial charge on any atom is 0.416 e. The first-order valence-corrected chi connectivity index (χ1v) is 14.3. The average Bonchev–Trinajstić information content (AvgIpc) is 2.88. The number of ether oxygens (including phenoxy) is 1. The van der Waals surface area contributed by atoms with Crippen LogP contribution >= 0.6 is 0 Å². The van der Waals surface area contributed by atoms with Crippen LogP contribution in [0.25, 0.3) is 5.57 Å². The third-order valence-electron chi connectivity index (χ3n) is 6.43. The Hall–Kier alpha value is -4.12. The summed E-state index contributed by atoms with van der Waals surface area (Å²) in [6.07, 6.45) is -4.85. The fraction of sp³-hybridized carbons (Fsp3) is 0.241. The van der Waals surface area contributed by atoms with Crippen molar-refractivity contribution < 1.29 is 35.9 Å². The highest BCUT2D eigenvalue weighted by molar-refractivity contribution is 7.91. The number of benzene rings is 3. The Morgan fingerprint density at radius 2 is 1.62 bits per heavy atom. The van der Waals surface area contributed by atoms with Gasteiger partial charge in [-0.05, 0) is 41.3 Å². The maximum absolute atomic E-state index is 14.9. The molecule has 1 aliphatic rings. The summed E-state index contributed by atoms with van der Waals surface area (Å²) in [5.41, 5.74) is -1.56. The molecule has 1 unspecified atom stereocenters. The molecular weight excluding hydrogens is 545 g/mol. The van der Waals surface area contributed by atoms with Crippen molar-refractivity contribution in [3.63, 3.8) is 0 Å². The SMILES string of the molecule is Cc1ccc(C2=C(NC(=O)CS(C)(=O)=O)C(=O)NC(c3ccc(OCc4ccccc4)cc3)(C(F)(F)F)C2)cc1. The predicted molar refractivity (Wildman–Crippen MR) is 144 cm³/mol. The quantitative estimate of drug-likeness (QED) is 0.416. The lowest BCUT2D eigenvalue weighted by molar-refractivity contribution is -0.201. The van der Waals surface area contributed by atoms with Crippen LogP contribution in [0.4, 0.5) is 13.2 Å². The maximum atomic E-state index is 14.9. The number of alkyl halides is 3. The number of nitrogens with one attached hydrogen (secondary N) is 2. The van der Waals surface area contributed by atoms with Crippen molar-refractivity contribution in [1.29, 1.82) is 0 Å². The van der Waals surface area contributed by atoms with E-state index in [1.807, 2.05) is 30.3 Å². The molecule has 210 valence electrons. The van der Waals surface area contributed by atoms with Crippen LogP contribution in [0.15, 0.2) is 84.6 Å². The van der Waals surface area contributed by atoms with Gasteiger partial charge in [-0.2, -0.15) is 13.2 Å². The first-order valence-electron chi connectivity index (χ1n) is 12.2. The molecule has 0 fully saturated rings. The topological polar surface area (TPSA) is 102 Å². The normalized spacial score (nSPS) is 17.8. The summed E-state index contributed by atoms with van der Waals surface area (Å²) in [4.78, 5) is 25.6. The van der Waals surface area contributed by atoms with Crippen molar-refractivity contribution in [2.24, 2.45) is 0 Å². The number of sulfone groups is 1. The summed E-state index contributed by atoms with van der Waals surface area (Å²) in [6.45, 7) is 2.01. The third kappa shape index (κ3) is 6.53. The monoisotopic (exact) mass is 572 g/mol. The zero-order chi connectivity index (χ0) is 29.1. The van der Waals surface area contributed by atoms with Crippen LogP contribution < -0.4 is 15.4 Å². The van der Waals surface area contributed by atoms with Crippen molar-refractivity contribution in [3.05, 3.63) is 107 Å². The van der Waals surface area contributed by atoms with Gasteiger partial charge in [0.1, 0.15) is 23.8 Å². The molecule has 0 bridgehead atoms. The van der Waals surface area contributed by atoms with Crippen LogP contribution in [0.3, 0.4) is 0 Å². The molecule has 4 rings (SSSR count). The van der Waals surface area contributed by atoms with Crippen LogP contribution in [0.2, 0.25) is 0 Å². The Balaban J connectivity index is 1.73. The molecule has 2 N–H and O–H groups in total. The predicted octanol–water partition coefficient (Wildman–Crippen LogP) is 4.42. The van der Waals surface area contributed by atoms with E-state index in [-0.39, 0.29) is 23.3 Å². The number of carbonyl (C=O) groups is 2. The summed E-state index contributed by atoms with van der Waals surface area (Å²) in [5, 5.41) is 4.30. The van der Waals surface area contributed by atoms with Gasteiger partial charge in [-0.15, -0.1) is 0 Å². The zero-order valence-electron chi connectivity index (χ0n) is 21.7. The van der Waals surface area contributed by atoms with Crippen molar-refractivity contribution in [2.45, 2.75) is 31.7 Å². The second-order valence-electron chi connectivity index (χ2n) is 9.67. The van der Waals surface area contributed by atoms with Crippen LogP contribution in [0.5, 0.6) is 5.75 Å². The molecule has 3 aromatic carbocycles. The standard InChI is InChI=1S/C29H27F3N2O5S/c1-19-8-10-21(11-9-19)24-16-28(29(30,31)32,34-27(36)26(24)33-25(35)18-40(2,37)38)22-12-14-23(15-13-22)39-17-20-6-4-3-5-7-20/h3-15H,16-18H2,1-2H3,(H,33,35)(H,34,36). The Morgan fingerprint density at radius 3 is 2.20 bits per heavy atom. The number of aryl methyl sites for hydroxylation is 1. The van der Waals surface area contributed by atoms with E-state index in [2.05, 4.69) is 10.6 Å². The van der Waals surface area contributed by atoms with Gasteiger partial charge in [-0.1, -0.05) is 72.3 Å². The van der Waals surface area contributed by atoms with Gasteiger partial charge in [-0.25, -0.2) is 8.42 Å². The highest BCUT2D eigenvalue weighted by atomic mass is 32.2. The Labute approximate surface area is 230 Å². The van der Waals surface area contributed by atoms with Crippen LogP contribution in [0, 0.1) is 6.92 Å². The Bertz CT molecular complexity index is 1540. The second-order valence-corrected chi connectivity index (χ2v) is 11.8. The first kappa shape index (κ1) is 28.9. The molecule has 0 saturated heterocycles. The minimum Gasteiger partial charge on any atom is -0.489 e. The fourth-order valence-corrected chi connectivity index (χ4v) is 4.97. The minimum atomic E-state index is -4.94. The largest absolute Gasteiger partial charge is 0.489 e. The first-order chi connectivity index (χ1) is 18.8. The number of carbonyl (C=O) groups excluding carboxylic acids is 2. The van der Waals surface area contributed by atoms with Gasteiger partial charge < -0.3 is 15.4 Å². The van der Waals surface area contributed by atoms with Gasteiger partial charge in [0.15, 0.2) is 15.4 Å². The lowest BCUT2D eigenvalue weighted by Crippen LogP contribution is -2.60. The molecule has 0 spiro atoms. The van der Waals surface area contributed by atoms with Gasteiger partial charge in [0.2, 0.25) is 5.91 Å². The molecule has 0 aromatic heterocycles. The number of hydrogen-bond donors (Lipinski definition) is 2. The molecule has 0 aliphatic carbocycles. The molecule has 1 heterocycles.